The molecule has 1 saturated heterocycles. The SMILES string of the molecule is CCCCOC(=O)c1ccc(N2C[C@@H](C(=O)OCC(=O)c3ccc(Br)cc3)CC2=O)cc1. The number of unbranched alkanes of at least 4 members (excludes halogenated alkanes) is 1. The Kier molecular flexibility index (Phi) is 8.16. The second kappa shape index (κ2) is 11.0. The van der Waals surface area contributed by atoms with E-state index in [1.807, 2.05) is 6.92 Å². The standard InChI is InChI=1S/C24H24BrNO6/c1-2-3-12-31-23(29)17-6-10-20(11-7-17)26-14-18(13-22(26)28)24(30)32-15-21(27)16-4-8-19(25)9-5-16/h4-11,18H,2-3,12-15H2,1H3/t18-/m0/s1. The van der Waals surface area contributed by atoms with Crippen LogP contribution in [0.15, 0.2) is 53.0 Å². The summed E-state index contributed by atoms with van der Waals surface area (Å²) in [6, 6.07) is 13.3. The van der Waals surface area contributed by atoms with Crippen LogP contribution in [-0.2, 0) is 19.1 Å². The zero-order valence-electron chi connectivity index (χ0n) is 17.7. The Bertz CT molecular complexity index is 987. The van der Waals surface area contributed by atoms with Crippen LogP contribution < -0.4 is 4.90 Å². The highest BCUT2D eigenvalue weighted by Crippen LogP contribution is 2.26. The maximum Gasteiger partial charge on any atom is 0.338 e. The lowest BCUT2D eigenvalue weighted by Gasteiger charge is -2.17. The number of rotatable bonds is 9. The van der Waals surface area contributed by atoms with Gasteiger partial charge in [0.05, 0.1) is 18.1 Å². The lowest BCUT2D eigenvalue weighted by molar-refractivity contribution is -0.147. The summed E-state index contributed by atoms with van der Waals surface area (Å²) >= 11 is 3.30. The number of hydrogen-bond donors (Lipinski definition) is 0. The van der Waals surface area contributed by atoms with Gasteiger partial charge in [0.1, 0.15) is 0 Å². The number of anilines is 1. The number of nitrogens with zero attached hydrogens (tertiary/aromatic N) is 1. The van der Waals surface area contributed by atoms with E-state index in [0.717, 1.165) is 17.3 Å². The Morgan fingerprint density at radius 3 is 2.31 bits per heavy atom. The number of ketones is 1. The second-order valence-electron chi connectivity index (χ2n) is 7.48. The lowest BCUT2D eigenvalue weighted by Crippen LogP contribution is -2.27. The summed E-state index contributed by atoms with van der Waals surface area (Å²) in [5.74, 6) is -2.17. The first-order chi connectivity index (χ1) is 15.4. The number of carbonyl (C=O) groups excluding carboxylic acids is 4. The molecule has 7 nitrogen and oxygen atoms in total. The van der Waals surface area contributed by atoms with Crippen molar-refractivity contribution in [3.63, 3.8) is 0 Å². The van der Waals surface area contributed by atoms with Gasteiger partial charge in [0.15, 0.2) is 12.4 Å². The summed E-state index contributed by atoms with van der Waals surface area (Å²) in [6.45, 7) is 2.17. The number of hydrogen-bond acceptors (Lipinski definition) is 6. The monoisotopic (exact) mass is 501 g/mol. The van der Waals surface area contributed by atoms with Crippen LogP contribution in [0.5, 0.6) is 0 Å². The van der Waals surface area contributed by atoms with Crippen LogP contribution in [0.1, 0.15) is 46.9 Å². The van der Waals surface area contributed by atoms with Crippen LogP contribution in [-0.4, -0.2) is 43.4 Å². The average molecular weight is 502 g/mol. The van der Waals surface area contributed by atoms with E-state index in [1.54, 1.807) is 48.5 Å². The van der Waals surface area contributed by atoms with Crippen molar-refractivity contribution in [2.24, 2.45) is 5.92 Å². The zero-order valence-corrected chi connectivity index (χ0v) is 19.3. The fourth-order valence-electron chi connectivity index (χ4n) is 3.26. The van der Waals surface area contributed by atoms with Gasteiger partial charge < -0.3 is 14.4 Å². The maximum absolute atomic E-state index is 12.4. The molecule has 0 N–H and O–H groups in total. The van der Waals surface area contributed by atoms with Crippen LogP contribution in [0.2, 0.25) is 0 Å². The molecule has 0 saturated carbocycles. The molecule has 0 radical (unpaired) electrons. The normalized spacial score (nSPS) is 15.5. The molecule has 168 valence electrons. The minimum absolute atomic E-state index is 0.00607. The molecule has 1 fully saturated rings. The molecule has 1 aliphatic heterocycles. The Hall–Kier alpha value is -3.00. The van der Waals surface area contributed by atoms with Crippen LogP contribution >= 0.6 is 15.9 Å². The average Bonchev–Trinajstić information content (AvgIpc) is 3.19. The first kappa shape index (κ1) is 23.7. The van der Waals surface area contributed by atoms with Crippen molar-refractivity contribution in [3.05, 3.63) is 64.1 Å². The number of Topliss-reactive ketones (excluding diaryl/α,β-unsaturated/α-hetero) is 1. The first-order valence-corrected chi connectivity index (χ1v) is 11.2. The van der Waals surface area contributed by atoms with Crippen LogP contribution in [0, 0.1) is 5.92 Å². The third kappa shape index (κ3) is 6.03. The first-order valence-electron chi connectivity index (χ1n) is 10.4. The largest absolute Gasteiger partial charge is 0.462 e. The van der Waals surface area contributed by atoms with Crippen molar-refractivity contribution in [1.82, 2.24) is 0 Å². The van der Waals surface area contributed by atoms with E-state index in [9.17, 15) is 19.2 Å². The predicted molar refractivity (Wildman–Crippen MR) is 122 cm³/mol. The van der Waals surface area contributed by atoms with Gasteiger partial charge in [0.2, 0.25) is 5.91 Å². The molecule has 1 amide bonds. The Labute approximate surface area is 194 Å². The lowest BCUT2D eigenvalue weighted by atomic mass is 10.1. The minimum Gasteiger partial charge on any atom is -0.462 e. The molecule has 0 unspecified atom stereocenters. The number of halogens is 1. The van der Waals surface area contributed by atoms with E-state index in [2.05, 4.69) is 15.9 Å². The molecule has 2 aromatic rings. The number of benzene rings is 2. The maximum atomic E-state index is 12.4. The summed E-state index contributed by atoms with van der Waals surface area (Å²) in [5.41, 5.74) is 1.43. The molecule has 1 atom stereocenters. The van der Waals surface area contributed by atoms with E-state index in [0.29, 0.717) is 23.4 Å². The number of amides is 1. The molecular weight excluding hydrogens is 478 g/mol. The molecular formula is C24H24BrNO6. The highest BCUT2D eigenvalue weighted by atomic mass is 79.9. The quantitative estimate of drug-likeness (QED) is 0.290. The molecule has 32 heavy (non-hydrogen) atoms. The van der Waals surface area contributed by atoms with E-state index in [-0.39, 0.29) is 31.3 Å². The third-order valence-electron chi connectivity index (χ3n) is 5.12. The van der Waals surface area contributed by atoms with E-state index in [1.165, 1.54) is 4.90 Å². The number of ether oxygens (including phenoxy) is 2. The molecule has 0 spiro atoms. The van der Waals surface area contributed by atoms with Gasteiger partial charge in [-0.1, -0.05) is 41.4 Å². The number of carbonyl (C=O) groups is 4. The molecule has 8 heteroatoms. The van der Waals surface area contributed by atoms with Crippen LogP contribution in [0.3, 0.4) is 0 Å². The zero-order chi connectivity index (χ0) is 23.1. The second-order valence-corrected chi connectivity index (χ2v) is 8.40. The van der Waals surface area contributed by atoms with Gasteiger partial charge in [0.25, 0.3) is 0 Å². The Morgan fingerprint density at radius 2 is 1.66 bits per heavy atom. The third-order valence-corrected chi connectivity index (χ3v) is 5.64. The summed E-state index contributed by atoms with van der Waals surface area (Å²) < 4.78 is 11.2. The van der Waals surface area contributed by atoms with Gasteiger partial charge in [0, 0.05) is 28.7 Å². The van der Waals surface area contributed by atoms with Gasteiger partial charge in [-0.15, -0.1) is 0 Å². The van der Waals surface area contributed by atoms with Gasteiger partial charge in [-0.3, -0.25) is 14.4 Å². The molecule has 0 bridgehead atoms. The van der Waals surface area contributed by atoms with Gasteiger partial charge >= 0.3 is 11.9 Å². The van der Waals surface area contributed by atoms with Gasteiger partial charge in [-0.2, -0.15) is 0 Å². The molecule has 0 aromatic heterocycles. The molecule has 2 aromatic carbocycles. The molecule has 1 heterocycles. The van der Waals surface area contributed by atoms with Crippen molar-refractivity contribution < 1.29 is 28.7 Å². The Morgan fingerprint density at radius 1 is 1.00 bits per heavy atom. The van der Waals surface area contributed by atoms with E-state index < -0.39 is 17.9 Å². The van der Waals surface area contributed by atoms with Crippen molar-refractivity contribution in [2.45, 2.75) is 26.2 Å². The van der Waals surface area contributed by atoms with Crippen molar-refractivity contribution in [2.75, 3.05) is 24.7 Å². The summed E-state index contributed by atoms with van der Waals surface area (Å²) in [6.07, 6.45) is 1.75. The van der Waals surface area contributed by atoms with E-state index >= 15 is 0 Å². The smallest absolute Gasteiger partial charge is 0.338 e. The fourth-order valence-corrected chi connectivity index (χ4v) is 3.52. The highest BCUT2D eigenvalue weighted by molar-refractivity contribution is 9.10. The minimum atomic E-state index is -0.654. The molecule has 1 aliphatic rings. The van der Waals surface area contributed by atoms with Crippen LogP contribution in [0.4, 0.5) is 5.69 Å². The fraction of sp³-hybridized carbons (Fsp3) is 0.333. The Balaban J connectivity index is 1.53. The van der Waals surface area contributed by atoms with Crippen molar-refractivity contribution >= 4 is 45.2 Å². The van der Waals surface area contributed by atoms with Crippen LogP contribution in [0.25, 0.3) is 0 Å². The van der Waals surface area contributed by atoms with E-state index in [4.69, 9.17) is 9.47 Å². The summed E-state index contributed by atoms with van der Waals surface area (Å²) in [5, 5.41) is 0. The van der Waals surface area contributed by atoms with Gasteiger partial charge in [-0.25, -0.2) is 4.79 Å². The summed E-state index contributed by atoms with van der Waals surface area (Å²) in [4.78, 5) is 50.5. The van der Waals surface area contributed by atoms with Crippen molar-refractivity contribution in [1.29, 1.82) is 0 Å². The molecule has 3 rings (SSSR count). The predicted octanol–water partition coefficient (Wildman–Crippen LogP) is 4.19. The summed E-state index contributed by atoms with van der Waals surface area (Å²) in [7, 11) is 0. The topological polar surface area (TPSA) is 90.0 Å². The molecule has 0 aliphatic carbocycles. The number of esters is 2. The van der Waals surface area contributed by atoms with Crippen molar-refractivity contribution in [3.8, 4) is 0 Å². The highest BCUT2D eigenvalue weighted by Gasteiger charge is 2.36. The van der Waals surface area contributed by atoms with Gasteiger partial charge in [-0.05, 0) is 42.8 Å².